The summed E-state index contributed by atoms with van der Waals surface area (Å²) in [7, 11) is 0. The molecule has 0 radical (unpaired) electrons. The zero-order valence-corrected chi connectivity index (χ0v) is 16.7. The van der Waals surface area contributed by atoms with Crippen molar-refractivity contribution in [3.8, 4) is 11.1 Å². The van der Waals surface area contributed by atoms with Crippen LogP contribution in [0.3, 0.4) is 0 Å². The number of fused-ring (bicyclic) bond motifs is 6. The molecule has 1 aliphatic heterocycles. The Morgan fingerprint density at radius 1 is 0.821 bits per heavy atom. The number of nitrogens with one attached hydrogen (secondary N) is 1. The molecule has 140 valence electrons. The van der Waals surface area contributed by atoms with Crippen molar-refractivity contribution < 1.29 is 0 Å². The van der Waals surface area contributed by atoms with E-state index in [0.29, 0.717) is 11.8 Å². The number of nitrogens with two attached hydrogens (primary N) is 1. The third-order valence-corrected chi connectivity index (χ3v) is 7.82. The number of hydrogen-bond acceptors (Lipinski definition) is 2. The van der Waals surface area contributed by atoms with E-state index in [9.17, 15) is 0 Å². The van der Waals surface area contributed by atoms with E-state index in [2.05, 4.69) is 92.8 Å². The van der Waals surface area contributed by atoms with Gasteiger partial charge in [0.1, 0.15) is 0 Å². The molecule has 4 atom stereocenters. The first-order valence-corrected chi connectivity index (χ1v) is 10.3. The van der Waals surface area contributed by atoms with Gasteiger partial charge < -0.3 is 11.1 Å². The molecule has 0 saturated heterocycles. The van der Waals surface area contributed by atoms with E-state index in [-0.39, 0.29) is 17.0 Å². The molecule has 0 aromatic heterocycles. The number of rotatable bonds is 1. The second-order valence-electron chi connectivity index (χ2n) is 9.33. The van der Waals surface area contributed by atoms with Crippen LogP contribution in [-0.2, 0) is 10.8 Å². The van der Waals surface area contributed by atoms with Crippen LogP contribution in [0.2, 0.25) is 0 Å². The second-order valence-corrected chi connectivity index (χ2v) is 9.33. The van der Waals surface area contributed by atoms with Crippen molar-refractivity contribution in [1.82, 2.24) is 0 Å². The fraction of sp³-hybridized carbons (Fsp3) is 0.308. The molecule has 0 spiro atoms. The molecular weight excluding hydrogens is 340 g/mol. The first kappa shape index (κ1) is 16.4. The van der Waals surface area contributed by atoms with Gasteiger partial charge in [-0.05, 0) is 45.4 Å². The van der Waals surface area contributed by atoms with Crippen molar-refractivity contribution in [2.75, 3.05) is 5.32 Å². The van der Waals surface area contributed by atoms with Gasteiger partial charge in [0.05, 0.1) is 6.17 Å². The lowest BCUT2D eigenvalue weighted by molar-refractivity contribution is 0.568. The van der Waals surface area contributed by atoms with Crippen LogP contribution >= 0.6 is 0 Å². The van der Waals surface area contributed by atoms with E-state index in [0.717, 1.165) is 0 Å². The van der Waals surface area contributed by atoms with Gasteiger partial charge in [0.25, 0.3) is 0 Å². The highest BCUT2D eigenvalue weighted by molar-refractivity contribution is 5.81. The fourth-order valence-corrected chi connectivity index (χ4v) is 6.42. The van der Waals surface area contributed by atoms with Crippen LogP contribution in [0.25, 0.3) is 11.1 Å². The molecule has 4 unspecified atom stereocenters. The average Bonchev–Trinajstić information content (AvgIpc) is 3.28. The summed E-state index contributed by atoms with van der Waals surface area (Å²) in [5, 5.41) is 3.54. The molecule has 2 nitrogen and oxygen atoms in total. The largest absolute Gasteiger partial charge is 0.369 e. The number of benzene rings is 3. The summed E-state index contributed by atoms with van der Waals surface area (Å²) in [6.45, 7) is 7.07. The minimum atomic E-state index is 0.00311. The molecule has 1 heterocycles. The van der Waals surface area contributed by atoms with E-state index in [1.54, 1.807) is 0 Å². The molecular formula is C26H26N2. The molecule has 1 fully saturated rings. The van der Waals surface area contributed by atoms with Gasteiger partial charge in [-0.2, -0.15) is 0 Å². The highest BCUT2D eigenvalue weighted by atomic mass is 15.1. The van der Waals surface area contributed by atoms with Crippen LogP contribution in [0, 0.1) is 11.8 Å². The Balaban J connectivity index is 1.58. The molecule has 2 heteroatoms. The van der Waals surface area contributed by atoms with Crippen molar-refractivity contribution in [2.45, 2.75) is 37.8 Å². The Hall–Kier alpha value is -2.58. The summed E-state index contributed by atoms with van der Waals surface area (Å²) in [4.78, 5) is 0. The van der Waals surface area contributed by atoms with Gasteiger partial charge >= 0.3 is 0 Å². The predicted octanol–water partition coefficient (Wildman–Crippen LogP) is 5.26. The summed E-state index contributed by atoms with van der Waals surface area (Å²) in [5.41, 5.74) is 16.3. The lowest BCUT2D eigenvalue weighted by Gasteiger charge is -2.32. The summed E-state index contributed by atoms with van der Waals surface area (Å²) in [6, 6.07) is 24.8. The van der Waals surface area contributed by atoms with E-state index >= 15 is 0 Å². The maximum Gasteiger partial charge on any atom is 0.0786 e. The molecule has 1 saturated carbocycles. The van der Waals surface area contributed by atoms with Crippen molar-refractivity contribution in [2.24, 2.45) is 17.6 Å². The number of hydrogen-bond donors (Lipinski definition) is 2. The summed E-state index contributed by atoms with van der Waals surface area (Å²) >= 11 is 0. The Morgan fingerprint density at radius 3 is 2.32 bits per heavy atom. The molecule has 3 aromatic rings. The first-order valence-electron chi connectivity index (χ1n) is 10.3. The van der Waals surface area contributed by atoms with Gasteiger partial charge in [-0.25, -0.2) is 0 Å². The SMILES string of the molecule is CC1C2C(N)Nc3ccccc3C12c1ccc2c(c1)C(C)(C)c1ccccc1-2. The topological polar surface area (TPSA) is 38.0 Å². The predicted molar refractivity (Wildman–Crippen MR) is 115 cm³/mol. The van der Waals surface area contributed by atoms with Gasteiger partial charge in [0.2, 0.25) is 0 Å². The van der Waals surface area contributed by atoms with Crippen LogP contribution in [0.4, 0.5) is 5.69 Å². The highest BCUT2D eigenvalue weighted by Gasteiger charge is 2.68. The van der Waals surface area contributed by atoms with Crippen LogP contribution in [0.15, 0.2) is 66.7 Å². The fourth-order valence-electron chi connectivity index (χ4n) is 6.42. The van der Waals surface area contributed by atoms with E-state index in [1.807, 2.05) is 0 Å². The quantitative estimate of drug-likeness (QED) is 0.617. The Morgan fingerprint density at radius 2 is 1.50 bits per heavy atom. The number of anilines is 1. The van der Waals surface area contributed by atoms with E-state index in [1.165, 1.54) is 39.1 Å². The summed E-state index contributed by atoms with van der Waals surface area (Å²) in [6.07, 6.45) is 0.00311. The maximum absolute atomic E-state index is 6.57. The molecule has 3 aliphatic rings. The molecule has 0 bridgehead atoms. The summed E-state index contributed by atoms with van der Waals surface area (Å²) in [5.74, 6) is 0.968. The molecule has 3 aromatic carbocycles. The van der Waals surface area contributed by atoms with Gasteiger partial charge in [-0.3, -0.25) is 0 Å². The minimum Gasteiger partial charge on any atom is -0.369 e. The van der Waals surface area contributed by atoms with E-state index < -0.39 is 0 Å². The monoisotopic (exact) mass is 366 g/mol. The first-order chi connectivity index (χ1) is 13.5. The lowest BCUT2D eigenvalue weighted by Crippen LogP contribution is -2.39. The molecule has 3 N–H and O–H groups in total. The average molecular weight is 367 g/mol. The molecule has 0 amide bonds. The highest BCUT2D eigenvalue weighted by Crippen LogP contribution is 2.68. The van der Waals surface area contributed by atoms with Crippen molar-refractivity contribution >= 4 is 5.69 Å². The zero-order valence-electron chi connectivity index (χ0n) is 16.7. The second kappa shape index (κ2) is 5.07. The van der Waals surface area contributed by atoms with E-state index in [4.69, 9.17) is 5.73 Å². The molecule has 28 heavy (non-hydrogen) atoms. The van der Waals surface area contributed by atoms with Crippen LogP contribution in [-0.4, -0.2) is 6.17 Å². The van der Waals surface area contributed by atoms with Gasteiger partial charge in [0, 0.05) is 22.4 Å². The summed E-state index contributed by atoms with van der Waals surface area (Å²) < 4.78 is 0. The third kappa shape index (κ3) is 1.73. The minimum absolute atomic E-state index is 0.00311. The maximum atomic E-state index is 6.57. The van der Waals surface area contributed by atoms with Crippen molar-refractivity contribution in [3.05, 3.63) is 89.0 Å². The van der Waals surface area contributed by atoms with Crippen molar-refractivity contribution in [1.29, 1.82) is 0 Å². The third-order valence-electron chi connectivity index (χ3n) is 7.82. The van der Waals surface area contributed by atoms with Crippen LogP contribution < -0.4 is 11.1 Å². The van der Waals surface area contributed by atoms with Crippen molar-refractivity contribution in [3.63, 3.8) is 0 Å². The molecule has 6 rings (SSSR count). The number of para-hydroxylation sites is 1. The Labute approximate surface area is 166 Å². The normalized spacial score (nSPS) is 30.5. The standard InChI is InChI=1S/C26H26N2/c1-15-23-24(27)28-22-11-7-6-10-20(22)26(15,23)16-12-13-18-17-8-4-5-9-19(17)25(2,3)21(18)14-16/h4-15,23-24,28H,27H2,1-3H3. The lowest BCUT2D eigenvalue weighted by atomic mass is 9.77. The Kier molecular flexibility index (Phi) is 2.96. The van der Waals surface area contributed by atoms with Crippen LogP contribution in [0.1, 0.15) is 43.0 Å². The Bertz CT molecular complexity index is 1130. The molecule has 2 aliphatic carbocycles. The van der Waals surface area contributed by atoms with Gasteiger partial charge in [0.15, 0.2) is 0 Å². The smallest absolute Gasteiger partial charge is 0.0786 e. The van der Waals surface area contributed by atoms with Gasteiger partial charge in [-0.1, -0.05) is 81.4 Å². The van der Waals surface area contributed by atoms with Gasteiger partial charge in [-0.15, -0.1) is 0 Å². The van der Waals surface area contributed by atoms with Crippen LogP contribution in [0.5, 0.6) is 0 Å². The zero-order chi connectivity index (χ0) is 19.3.